The van der Waals surface area contributed by atoms with Crippen molar-refractivity contribution < 1.29 is 48.0 Å². The zero-order chi connectivity index (χ0) is 30.2. The maximum atomic E-state index is 14.6. The molecule has 0 bridgehead atoms. The maximum Gasteiger partial charge on any atom is 0.335 e. The first kappa shape index (κ1) is 29.4. The minimum Gasteiger partial charge on any atom is -0.479 e. The van der Waals surface area contributed by atoms with Crippen molar-refractivity contribution >= 4 is 39.0 Å². The van der Waals surface area contributed by atoms with Crippen molar-refractivity contribution in [3.8, 4) is 0 Å². The van der Waals surface area contributed by atoms with Crippen LogP contribution in [0.4, 0.5) is 11.4 Å². The third-order valence-corrected chi connectivity index (χ3v) is 9.29. The van der Waals surface area contributed by atoms with E-state index in [1.807, 2.05) is 0 Å². The Balaban J connectivity index is 1.70. The molecule has 5 atom stereocenters. The van der Waals surface area contributed by atoms with Crippen molar-refractivity contribution in [2.75, 3.05) is 15.8 Å². The number of anilines is 2. The molecular weight excluding hydrogens is 568 g/mol. The summed E-state index contributed by atoms with van der Waals surface area (Å²) in [7, 11) is -4.11. The molecule has 2 heterocycles. The number of carboxylic acid groups (broad SMARTS) is 1. The average molecular weight is 597 g/mol. The number of hydrazine groups is 1. The van der Waals surface area contributed by atoms with Crippen molar-refractivity contribution in [3.63, 3.8) is 0 Å². The molecule has 0 spiro atoms. The number of carbonyl (C=O) groups is 3. The van der Waals surface area contributed by atoms with Gasteiger partial charge in [-0.1, -0.05) is 54.6 Å². The molecule has 2 aliphatic rings. The van der Waals surface area contributed by atoms with Crippen LogP contribution in [0, 0.1) is 5.41 Å². The molecular formula is C29H28N2O10S. The lowest BCUT2D eigenvalue weighted by molar-refractivity contribution is -0.246. The fourth-order valence-corrected chi connectivity index (χ4v) is 6.78. The molecule has 3 aromatic rings. The molecule has 0 aromatic heterocycles. The number of aliphatic hydroxyl groups excluding tert-OH is 3. The third kappa shape index (κ3) is 4.84. The van der Waals surface area contributed by atoms with E-state index < -0.39 is 75.7 Å². The maximum absolute atomic E-state index is 14.6. The smallest absolute Gasteiger partial charge is 0.335 e. The van der Waals surface area contributed by atoms with Crippen molar-refractivity contribution in [1.82, 2.24) is 0 Å². The van der Waals surface area contributed by atoms with Gasteiger partial charge in [-0.25, -0.2) is 23.2 Å². The van der Waals surface area contributed by atoms with Gasteiger partial charge in [0.25, 0.3) is 11.8 Å². The highest BCUT2D eigenvalue weighted by Crippen LogP contribution is 2.47. The Morgan fingerprint density at radius 3 is 1.64 bits per heavy atom. The summed E-state index contributed by atoms with van der Waals surface area (Å²) in [4.78, 5) is 41.0. The van der Waals surface area contributed by atoms with Gasteiger partial charge < -0.3 is 25.2 Å². The van der Waals surface area contributed by atoms with E-state index in [0.29, 0.717) is 0 Å². The molecule has 0 unspecified atom stereocenters. The fraction of sp³-hybridized carbons (Fsp3) is 0.276. The zero-order valence-electron chi connectivity index (χ0n) is 22.0. The van der Waals surface area contributed by atoms with Crippen molar-refractivity contribution in [1.29, 1.82) is 0 Å². The summed E-state index contributed by atoms with van der Waals surface area (Å²) in [5.41, 5.74) is -2.11. The third-order valence-electron chi connectivity index (χ3n) is 7.56. The monoisotopic (exact) mass is 596 g/mol. The van der Waals surface area contributed by atoms with Crippen LogP contribution in [0.3, 0.4) is 0 Å². The Labute approximate surface area is 240 Å². The normalized spacial score (nSPS) is 25.9. The van der Waals surface area contributed by atoms with Gasteiger partial charge in [0.05, 0.1) is 22.0 Å². The van der Waals surface area contributed by atoms with Crippen LogP contribution >= 0.6 is 0 Å². The second-order valence-corrected chi connectivity index (χ2v) is 12.2. The Hall–Kier alpha value is -4.14. The van der Waals surface area contributed by atoms with Crippen LogP contribution in [-0.2, 0) is 29.0 Å². The summed E-state index contributed by atoms with van der Waals surface area (Å²) in [6, 6.07) is 23.3. The Morgan fingerprint density at radius 1 is 0.738 bits per heavy atom. The summed E-state index contributed by atoms with van der Waals surface area (Å²) < 4.78 is 32.3. The number of carbonyl (C=O) groups excluding carboxylic acids is 2. The number of aliphatic carboxylic acids is 1. The Morgan fingerprint density at radius 2 is 1.19 bits per heavy atom. The first-order chi connectivity index (χ1) is 20.0. The summed E-state index contributed by atoms with van der Waals surface area (Å²) >= 11 is 0. The summed E-state index contributed by atoms with van der Waals surface area (Å²) in [5.74, 6) is -4.52. The number of ether oxygens (including phenoxy) is 1. The molecule has 3 aromatic carbocycles. The van der Waals surface area contributed by atoms with E-state index >= 15 is 0 Å². The second-order valence-electron chi connectivity index (χ2n) is 10.0. The molecule has 0 radical (unpaired) electrons. The number of benzene rings is 3. The quantitative estimate of drug-likeness (QED) is 0.271. The molecule has 12 nitrogen and oxygen atoms in total. The minimum atomic E-state index is -4.11. The predicted octanol–water partition coefficient (Wildman–Crippen LogP) is 0.766. The van der Waals surface area contributed by atoms with Crippen LogP contribution in [0.5, 0.6) is 0 Å². The number of rotatable bonds is 8. The molecule has 5 rings (SSSR count). The number of nitrogens with zero attached hydrogens (tertiary/aromatic N) is 2. The Kier molecular flexibility index (Phi) is 7.88. The van der Waals surface area contributed by atoms with E-state index in [1.54, 1.807) is 42.5 Å². The van der Waals surface area contributed by atoms with Crippen molar-refractivity contribution in [3.05, 3.63) is 91.0 Å². The van der Waals surface area contributed by atoms with Crippen LogP contribution in [0.2, 0.25) is 0 Å². The van der Waals surface area contributed by atoms with Crippen LogP contribution in [0.15, 0.2) is 95.9 Å². The van der Waals surface area contributed by atoms with Gasteiger partial charge >= 0.3 is 5.97 Å². The lowest BCUT2D eigenvalue weighted by Gasteiger charge is -2.44. The van der Waals surface area contributed by atoms with Crippen LogP contribution < -0.4 is 10.0 Å². The van der Waals surface area contributed by atoms with E-state index in [9.17, 15) is 43.2 Å². The van der Waals surface area contributed by atoms with Gasteiger partial charge in [0, 0.05) is 0 Å². The highest BCUT2D eigenvalue weighted by Gasteiger charge is 2.68. The van der Waals surface area contributed by atoms with Crippen LogP contribution in [0.25, 0.3) is 0 Å². The van der Waals surface area contributed by atoms with Gasteiger partial charge in [-0.05, 0) is 42.8 Å². The standard InChI is InChI=1S/C29H28N2O10S/c32-21-22(33)24(26(35)36)41-25(23(21)34)29(16-17-42(39,40)20-14-8-3-9-15-20)27(37)30(18-10-4-1-5-11-18)31(28(29)38)19-12-6-2-7-13-19/h1-15,21-25,32-34H,16-17H2,(H,35,36)/t21-,22-,23+,24-,25+/m0/s1. The number of sulfone groups is 1. The molecule has 0 aliphatic carbocycles. The van der Waals surface area contributed by atoms with Gasteiger partial charge in [0.1, 0.15) is 24.4 Å². The number of para-hydroxylation sites is 2. The van der Waals surface area contributed by atoms with Gasteiger partial charge in [-0.15, -0.1) is 0 Å². The Bertz CT molecular complexity index is 1510. The topological polar surface area (TPSA) is 182 Å². The lowest BCUT2D eigenvalue weighted by Crippen LogP contribution is -2.66. The van der Waals surface area contributed by atoms with Crippen LogP contribution in [0.1, 0.15) is 6.42 Å². The minimum absolute atomic E-state index is 0.0816. The first-order valence-electron chi connectivity index (χ1n) is 13.0. The van der Waals surface area contributed by atoms with E-state index in [0.717, 1.165) is 10.0 Å². The number of carboxylic acids is 1. The highest BCUT2D eigenvalue weighted by molar-refractivity contribution is 7.91. The molecule has 2 saturated heterocycles. The number of hydrogen-bond donors (Lipinski definition) is 4. The largest absolute Gasteiger partial charge is 0.479 e. The van der Waals surface area contributed by atoms with E-state index in [-0.39, 0.29) is 16.3 Å². The summed E-state index contributed by atoms with van der Waals surface area (Å²) in [5, 5.41) is 43.8. The van der Waals surface area contributed by atoms with Gasteiger partial charge in [0.2, 0.25) is 0 Å². The number of hydrogen-bond acceptors (Lipinski definition) is 9. The van der Waals surface area contributed by atoms with Gasteiger partial charge in [-0.3, -0.25) is 9.59 Å². The molecule has 4 N–H and O–H groups in total. The van der Waals surface area contributed by atoms with E-state index in [1.165, 1.54) is 48.5 Å². The summed E-state index contributed by atoms with van der Waals surface area (Å²) in [6.07, 6.45) is -11.3. The zero-order valence-corrected chi connectivity index (χ0v) is 22.8. The predicted molar refractivity (Wildman–Crippen MR) is 148 cm³/mol. The second kappa shape index (κ2) is 11.3. The van der Waals surface area contributed by atoms with E-state index in [4.69, 9.17) is 4.74 Å². The van der Waals surface area contributed by atoms with Gasteiger partial charge in [-0.2, -0.15) is 0 Å². The molecule has 220 valence electrons. The number of amides is 2. The first-order valence-corrected chi connectivity index (χ1v) is 14.7. The van der Waals surface area contributed by atoms with Gasteiger partial charge in [0.15, 0.2) is 21.4 Å². The van der Waals surface area contributed by atoms with Crippen molar-refractivity contribution in [2.45, 2.75) is 41.8 Å². The fourth-order valence-electron chi connectivity index (χ4n) is 5.39. The molecule has 13 heteroatoms. The average Bonchev–Trinajstić information content (AvgIpc) is 3.22. The van der Waals surface area contributed by atoms with Crippen molar-refractivity contribution in [2.24, 2.45) is 5.41 Å². The van der Waals surface area contributed by atoms with E-state index in [2.05, 4.69) is 0 Å². The lowest BCUT2D eigenvalue weighted by atomic mass is 9.73. The molecule has 42 heavy (non-hydrogen) atoms. The number of aliphatic hydroxyl groups is 3. The molecule has 2 aliphatic heterocycles. The summed E-state index contributed by atoms with van der Waals surface area (Å²) in [6.45, 7) is 0. The molecule has 0 saturated carbocycles. The highest BCUT2D eigenvalue weighted by atomic mass is 32.2. The molecule has 2 fully saturated rings. The molecule has 2 amide bonds. The van der Waals surface area contributed by atoms with Crippen LogP contribution in [-0.4, -0.2) is 82.9 Å². The SMILES string of the molecule is O=C(O)[C@H]1O[C@@H](C2(CCS(=O)(=O)c3ccccc3)C(=O)N(c3ccccc3)N(c3ccccc3)C2=O)[C@H](O)[C@@H](O)[C@@H]1O.